The molecule has 0 aliphatic rings. The van der Waals surface area contributed by atoms with Crippen molar-refractivity contribution in [2.75, 3.05) is 12.4 Å². The van der Waals surface area contributed by atoms with Crippen molar-refractivity contribution in [3.05, 3.63) is 72.6 Å². The van der Waals surface area contributed by atoms with Crippen LogP contribution in [0, 0.1) is 6.92 Å². The van der Waals surface area contributed by atoms with Crippen LogP contribution in [0.4, 0.5) is 5.69 Å². The minimum atomic E-state index is -0.289. The third kappa shape index (κ3) is 6.40. The molecule has 0 saturated carbocycles. The zero-order chi connectivity index (χ0) is 22.9. The van der Waals surface area contributed by atoms with Crippen molar-refractivity contribution in [1.82, 2.24) is 14.8 Å². The molecule has 0 bridgehead atoms. The Balaban J connectivity index is 1.68. The largest absolute Gasteiger partial charge is 0.497 e. The Kier molecular flexibility index (Phi) is 8.81. The predicted octanol–water partition coefficient (Wildman–Crippen LogP) is 5.58. The van der Waals surface area contributed by atoms with Crippen LogP contribution < -0.4 is 10.1 Å². The molecule has 8 heteroatoms. The molecular weight excluding hydrogens is 440 g/mol. The minimum absolute atomic E-state index is 0.0635. The van der Waals surface area contributed by atoms with Crippen molar-refractivity contribution in [3.63, 3.8) is 0 Å². The third-order valence-electron chi connectivity index (χ3n) is 4.76. The van der Waals surface area contributed by atoms with Gasteiger partial charge >= 0.3 is 0 Å². The number of allylic oxidation sites excluding steroid dienone is 1. The number of benzene rings is 2. The lowest BCUT2D eigenvalue weighted by Gasteiger charge is -2.15. The summed E-state index contributed by atoms with van der Waals surface area (Å²) >= 11 is 3.15. The van der Waals surface area contributed by atoms with Gasteiger partial charge in [0.05, 0.1) is 18.1 Å². The Morgan fingerprint density at radius 1 is 1.19 bits per heavy atom. The number of carbonyl (C=O) groups is 1. The Bertz CT molecular complexity index is 1030. The molecule has 2 aromatic carbocycles. The summed E-state index contributed by atoms with van der Waals surface area (Å²) in [4.78, 5) is 14.1. The molecular formula is C24H28N4O2S2. The number of hydrogen-bond donors (Lipinski definition) is 1. The zero-order valence-electron chi connectivity index (χ0n) is 18.6. The number of carbonyl (C=O) groups excluding carboxylic acids is 1. The molecule has 0 fully saturated rings. The van der Waals surface area contributed by atoms with Gasteiger partial charge in [-0.3, -0.25) is 4.79 Å². The number of nitrogens with zero attached hydrogens (tertiary/aromatic N) is 3. The average Bonchev–Trinajstić information content (AvgIpc) is 3.19. The summed E-state index contributed by atoms with van der Waals surface area (Å²) in [5, 5.41) is 12.2. The van der Waals surface area contributed by atoms with Crippen LogP contribution in [0.2, 0.25) is 0 Å². The van der Waals surface area contributed by atoms with Crippen LogP contribution in [0.5, 0.6) is 5.75 Å². The molecule has 0 aliphatic heterocycles. The van der Waals surface area contributed by atoms with E-state index in [1.54, 1.807) is 18.9 Å². The van der Waals surface area contributed by atoms with E-state index in [1.165, 1.54) is 22.2 Å². The molecule has 1 heterocycles. The van der Waals surface area contributed by atoms with Crippen LogP contribution in [-0.2, 0) is 17.1 Å². The van der Waals surface area contributed by atoms with E-state index in [0.717, 1.165) is 22.4 Å². The average molecular weight is 469 g/mol. The van der Waals surface area contributed by atoms with Crippen LogP contribution in [-0.4, -0.2) is 33.0 Å². The van der Waals surface area contributed by atoms with E-state index < -0.39 is 0 Å². The first-order valence-electron chi connectivity index (χ1n) is 10.4. The molecule has 0 saturated heterocycles. The number of hydrogen-bond acceptors (Lipinski definition) is 6. The van der Waals surface area contributed by atoms with Crippen molar-refractivity contribution in [1.29, 1.82) is 0 Å². The summed E-state index contributed by atoms with van der Waals surface area (Å²) < 4.78 is 7.20. The smallest absolute Gasteiger partial charge is 0.237 e. The maximum absolute atomic E-state index is 12.9. The molecule has 6 nitrogen and oxygen atoms in total. The highest BCUT2D eigenvalue weighted by Crippen LogP contribution is 2.29. The zero-order valence-corrected chi connectivity index (χ0v) is 20.2. The molecule has 1 aromatic heterocycles. The summed E-state index contributed by atoms with van der Waals surface area (Å²) in [6.07, 6.45) is 2.49. The van der Waals surface area contributed by atoms with E-state index in [2.05, 4.69) is 53.3 Å². The lowest BCUT2D eigenvalue weighted by atomic mass is 10.2. The number of rotatable bonds is 11. The number of nitrogens with one attached hydrogen (secondary N) is 1. The van der Waals surface area contributed by atoms with Gasteiger partial charge in [-0.15, -0.1) is 28.5 Å². The Morgan fingerprint density at radius 2 is 1.91 bits per heavy atom. The van der Waals surface area contributed by atoms with Crippen LogP contribution in [0.15, 0.2) is 71.2 Å². The van der Waals surface area contributed by atoms with Gasteiger partial charge in [-0.2, -0.15) is 0 Å². The van der Waals surface area contributed by atoms with Crippen LogP contribution in [0.25, 0.3) is 0 Å². The third-order valence-corrected chi connectivity index (χ3v) is 7.12. The molecule has 1 atom stereocenters. The van der Waals surface area contributed by atoms with Crippen LogP contribution in [0.1, 0.15) is 24.7 Å². The Morgan fingerprint density at radius 3 is 2.53 bits per heavy atom. The van der Waals surface area contributed by atoms with Gasteiger partial charge in [0, 0.05) is 17.1 Å². The normalized spacial score (nSPS) is 11.7. The fourth-order valence-electron chi connectivity index (χ4n) is 2.95. The van der Waals surface area contributed by atoms with Gasteiger partial charge in [-0.05, 0) is 49.7 Å². The Hall–Kier alpha value is -2.71. The van der Waals surface area contributed by atoms with E-state index >= 15 is 0 Å². The van der Waals surface area contributed by atoms with Gasteiger partial charge in [0.15, 0.2) is 5.16 Å². The second-order valence-electron chi connectivity index (χ2n) is 7.13. The molecule has 1 amide bonds. The number of anilines is 1. The molecule has 3 rings (SSSR count). The lowest BCUT2D eigenvalue weighted by molar-refractivity contribution is -0.115. The van der Waals surface area contributed by atoms with Crippen molar-refractivity contribution >= 4 is 35.1 Å². The van der Waals surface area contributed by atoms with Crippen molar-refractivity contribution in [2.24, 2.45) is 0 Å². The number of aromatic nitrogens is 3. The van der Waals surface area contributed by atoms with Crippen molar-refractivity contribution < 1.29 is 9.53 Å². The quantitative estimate of drug-likeness (QED) is 0.293. The second-order valence-corrected chi connectivity index (χ2v) is 9.35. The summed E-state index contributed by atoms with van der Waals surface area (Å²) in [7, 11) is 1.62. The monoisotopic (exact) mass is 468 g/mol. The van der Waals surface area contributed by atoms with Gasteiger partial charge < -0.3 is 14.6 Å². The highest BCUT2D eigenvalue weighted by atomic mass is 32.2. The first kappa shape index (κ1) is 23.9. The van der Waals surface area contributed by atoms with E-state index in [4.69, 9.17) is 4.74 Å². The molecule has 1 N–H and O–H groups in total. The molecule has 3 aromatic rings. The summed E-state index contributed by atoms with van der Waals surface area (Å²) in [5.74, 6) is 2.24. The predicted molar refractivity (Wildman–Crippen MR) is 133 cm³/mol. The molecule has 0 spiro atoms. The van der Waals surface area contributed by atoms with Crippen LogP contribution >= 0.6 is 23.5 Å². The molecule has 168 valence electrons. The number of methoxy groups -OCH3 is 1. The number of ether oxygens (including phenoxy) is 1. The highest BCUT2D eigenvalue weighted by Gasteiger charge is 2.22. The van der Waals surface area contributed by atoms with Crippen LogP contribution in [0.3, 0.4) is 0 Å². The molecule has 1 unspecified atom stereocenters. The number of aryl methyl sites for hydroxylation is 1. The highest BCUT2D eigenvalue weighted by molar-refractivity contribution is 8.00. The van der Waals surface area contributed by atoms with Gasteiger partial charge in [0.2, 0.25) is 5.91 Å². The minimum Gasteiger partial charge on any atom is -0.497 e. The number of amides is 1. The maximum atomic E-state index is 12.9. The van der Waals surface area contributed by atoms with E-state index in [0.29, 0.717) is 18.7 Å². The summed E-state index contributed by atoms with van der Waals surface area (Å²) in [6, 6.07) is 15.7. The first-order valence-corrected chi connectivity index (χ1v) is 12.2. The fourth-order valence-corrected chi connectivity index (χ4v) is 4.77. The van der Waals surface area contributed by atoms with Gasteiger partial charge in [0.1, 0.15) is 11.6 Å². The fraction of sp³-hybridized carbons (Fsp3) is 0.292. The van der Waals surface area contributed by atoms with E-state index in [-0.39, 0.29) is 11.2 Å². The first-order chi connectivity index (χ1) is 15.5. The standard InChI is InChI=1S/C24H28N4O2S2/c1-5-15-28-22(16-31-20-13-7-17(3)8-14-20)26-27-24(28)32-21(6-2)23(29)25-18-9-11-19(30-4)12-10-18/h5,7-14,21H,1,6,15-16H2,2-4H3,(H,25,29). The molecule has 0 aliphatic carbocycles. The van der Waals surface area contributed by atoms with Crippen molar-refractivity contribution in [3.8, 4) is 5.75 Å². The van der Waals surface area contributed by atoms with Gasteiger partial charge in [0.25, 0.3) is 0 Å². The topological polar surface area (TPSA) is 69.0 Å². The summed E-state index contributed by atoms with van der Waals surface area (Å²) in [5.41, 5.74) is 1.97. The number of thioether (sulfide) groups is 2. The molecule has 32 heavy (non-hydrogen) atoms. The Labute approximate surface area is 197 Å². The van der Waals surface area contributed by atoms with Gasteiger partial charge in [-0.25, -0.2) is 0 Å². The second kappa shape index (κ2) is 11.8. The maximum Gasteiger partial charge on any atom is 0.237 e. The van der Waals surface area contributed by atoms with Crippen molar-refractivity contribution in [2.45, 2.75) is 47.9 Å². The summed E-state index contributed by atoms with van der Waals surface area (Å²) in [6.45, 7) is 8.53. The SMILES string of the molecule is C=CCn1c(CSc2ccc(C)cc2)nnc1SC(CC)C(=O)Nc1ccc(OC)cc1. The van der Waals surface area contributed by atoms with E-state index in [1.807, 2.05) is 41.8 Å². The van der Waals surface area contributed by atoms with E-state index in [9.17, 15) is 4.79 Å². The lowest BCUT2D eigenvalue weighted by Crippen LogP contribution is -2.25. The molecule has 0 radical (unpaired) electrons. The van der Waals surface area contributed by atoms with Gasteiger partial charge in [-0.1, -0.05) is 42.5 Å².